The Bertz CT molecular complexity index is 544. The molecule has 0 radical (unpaired) electrons. The molecule has 2 atom stereocenters. The van der Waals surface area contributed by atoms with Crippen LogP contribution in [0.4, 0.5) is 0 Å². The van der Waals surface area contributed by atoms with Gasteiger partial charge in [-0.1, -0.05) is 18.2 Å². The van der Waals surface area contributed by atoms with Gasteiger partial charge in [-0.3, -0.25) is 9.59 Å². The second-order valence-electron chi connectivity index (χ2n) is 5.10. The van der Waals surface area contributed by atoms with Crippen molar-refractivity contribution in [2.45, 2.75) is 25.4 Å². The Balaban J connectivity index is 1.87. The Hall–Kier alpha value is -1.88. The molecule has 5 heteroatoms. The average molecular weight is 274 g/mol. The third kappa shape index (κ3) is 2.08. The van der Waals surface area contributed by atoms with Crippen molar-refractivity contribution in [3.8, 4) is 0 Å². The molecule has 2 unspecified atom stereocenters. The van der Waals surface area contributed by atoms with Gasteiger partial charge in [-0.2, -0.15) is 0 Å². The maximum atomic E-state index is 12.4. The smallest absolute Gasteiger partial charge is 0.307 e. The highest BCUT2D eigenvalue weighted by atomic mass is 16.5. The summed E-state index contributed by atoms with van der Waals surface area (Å²) in [5.74, 6) is -0.148. The Labute approximate surface area is 117 Å². The van der Waals surface area contributed by atoms with Gasteiger partial charge in [0.25, 0.3) is 5.91 Å². The molecule has 2 aliphatic heterocycles. The maximum Gasteiger partial charge on any atom is 0.307 e. The van der Waals surface area contributed by atoms with Crippen molar-refractivity contribution in [1.82, 2.24) is 10.2 Å². The van der Waals surface area contributed by atoms with Gasteiger partial charge in [-0.25, -0.2) is 0 Å². The van der Waals surface area contributed by atoms with E-state index in [4.69, 9.17) is 4.74 Å². The number of nitrogens with zero attached hydrogens (tertiary/aromatic N) is 1. The first kappa shape index (κ1) is 13.1. The number of benzene rings is 1. The van der Waals surface area contributed by atoms with Crippen LogP contribution in [0.15, 0.2) is 24.3 Å². The van der Waals surface area contributed by atoms with Crippen LogP contribution in [0, 0.1) is 0 Å². The molecule has 0 bridgehead atoms. The molecule has 0 saturated carbocycles. The molecule has 1 aromatic rings. The van der Waals surface area contributed by atoms with Crippen LogP contribution < -0.4 is 5.32 Å². The molecule has 1 saturated heterocycles. The molecule has 20 heavy (non-hydrogen) atoms. The lowest BCUT2D eigenvalue weighted by Crippen LogP contribution is -2.52. The molecule has 1 amide bonds. The molecule has 3 rings (SSSR count). The van der Waals surface area contributed by atoms with E-state index >= 15 is 0 Å². The number of nitrogens with one attached hydrogen (secondary N) is 1. The monoisotopic (exact) mass is 274 g/mol. The van der Waals surface area contributed by atoms with E-state index in [2.05, 4.69) is 5.32 Å². The van der Waals surface area contributed by atoms with E-state index in [0.29, 0.717) is 19.7 Å². The Morgan fingerprint density at radius 1 is 1.45 bits per heavy atom. The van der Waals surface area contributed by atoms with Crippen LogP contribution in [-0.4, -0.2) is 42.5 Å². The average Bonchev–Trinajstić information content (AvgIpc) is 2.74. The molecule has 106 valence electrons. The zero-order valence-corrected chi connectivity index (χ0v) is 11.5. The third-order valence-electron chi connectivity index (χ3n) is 3.94. The van der Waals surface area contributed by atoms with Crippen LogP contribution in [-0.2, 0) is 9.53 Å². The van der Waals surface area contributed by atoms with Gasteiger partial charge in [0.15, 0.2) is 0 Å². The first-order chi connectivity index (χ1) is 9.72. The molecule has 1 fully saturated rings. The predicted molar refractivity (Wildman–Crippen MR) is 73.3 cm³/mol. The largest absolute Gasteiger partial charge is 0.466 e. The second kappa shape index (κ2) is 5.25. The van der Waals surface area contributed by atoms with Crippen molar-refractivity contribution in [2.75, 3.05) is 19.7 Å². The van der Waals surface area contributed by atoms with Gasteiger partial charge in [0.2, 0.25) is 0 Å². The summed E-state index contributed by atoms with van der Waals surface area (Å²) in [7, 11) is 0. The van der Waals surface area contributed by atoms with Crippen molar-refractivity contribution < 1.29 is 14.3 Å². The number of rotatable bonds is 3. The number of hydrogen-bond acceptors (Lipinski definition) is 4. The molecular weight excluding hydrogens is 256 g/mol. The van der Waals surface area contributed by atoms with Crippen molar-refractivity contribution >= 4 is 11.9 Å². The molecule has 0 aromatic heterocycles. The topological polar surface area (TPSA) is 58.6 Å². The minimum Gasteiger partial charge on any atom is -0.466 e. The van der Waals surface area contributed by atoms with E-state index in [-0.39, 0.29) is 30.4 Å². The minimum absolute atomic E-state index is 0.0585. The van der Waals surface area contributed by atoms with Crippen molar-refractivity contribution in [1.29, 1.82) is 0 Å². The van der Waals surface area contributed by atoms with Gasteiger partial charge >= 0.3 is 5.97 Å². The highest BCUT2D eigenvalue weighted by Crippen LogP contribution is 2.38. The highest BCUT2D eigenvalue weighted by Gasteiger charge is 2.43. The Morgan fingerprint density at radius 3 is 3.05 bits per heavy atom. The van der Waals surface area contributed by atoms with Crippen LogP contribution in [0.25, 0.3) is 0 Å². The van der Waals surface area contributed by atoms with Gasteiger partial charge in [-0.05, 0) is 18.6 Å². The molecular formula is C15H18N2O3. The van der Waals surface area contributed by atoms with Crippen LogP contribution in [0.2, 0.25) is 0 Å². The van der Waals surface area contributed by atoms with Gasteiger partial charge in [-0.15, -0.1) is 0 Å². The fourth-order valence-corrected chi connectivity index (χ4v) is 3.14. The first-order valence-electron chi connectivity index (χ1n) is 7.01. The van der Waals surface area contributed by atoms with E-state index < -0.39 is 0 Å². The summed E-state index contributed by atoms with van der Waals surface area (Å²) in [4.78, 5) is 26.0. The van der Waals surface area contributed by atoms with Gasteiger partial charge in [0.05, 0.1) is 19.1 Å². The Kier molecular flexibility index (Phi) is 3.44. The number of carbonyl (C=O) groups excluding carboxylic acids is 2. The summed E-state index contributed by atoms with van der Waals surface area (Å²) in [6.07, 6.45) is 0.288. The highest BCUT2D eigenvalue weighted by molar-refractivity contribution is 5.99. The summed E-state index contributed by atoms with van der Waals surface area (Å²) >= 11 is 0. The number of fused-ring (bicyclic) bond motifs is 3. The van der Waals surface area contributed by atoms with E-state index in [9.17, 15) is 9.59 Å². The minimum atomic E-state index is -0.219. The lowest BCUT2D eigenvalue weighted by molar-refractivity contribution is -0.144. The van der Waals surface area contributed by atoms with Crippen molar-refractivity contribution in [3.63, 3.8) is 0 Å². The zero-order chi connectivity index (χ0) is 14.1. The molecule has 1 N–H and O–H groups in total. The quantitative estimate of drug-likeness (QED) is 0.839. The summed E-state index contributed by atoms with van der Waals surface area (Å²) in [5.41, 5.74) is 1.77. The fraction of sp³-hybridized carbons (Fsp3) is 0.467. The molecule has 0 aliphatic carbocycles. The van der Waals surface area contributed by atoms with Gasteiger partial charge in [0, 0.05) is 24.7 Å². The van der Waals surface area contributed by atoms with E-state index in [1.807, 2.05) is 29.2 Å². The summed E-state index contributed by atoms with van der Waals surface area (Å²) < 4.78 is 5.03. The number of esters is 1. The number of amides is 1. The Morgan fingerprint density at radius 2 is 2.25 bits per heavy atom. The van der Waals surface area contributed by atoms with E-state index in [0.717, 1.165) is 11.1 Å². The van der Waals surface area contributed by atoms with Gasteiger partial charge in [0.1, 0.15) is 0 Å². The lowest BCUT2D eigenvalue weighted by atomic mass is 9.95. The van der Waals surface area contributed by atoms with Gasteiger partial charge < -0.3 is 15.0 Å². The van der Waals surface area contributed by atoms with E-state index in [1.54, 1.807) is 6.92 Å². The first-order valence-corrected chi connectivity index (χ1v) is 7.01. The number of piperazine rings is 1. The summed E-state index contributed by atoms with van der Waals surface area (Å²) in [6, 6.07) is 7.52. The van der Waals surface area contributed by atoms with Crippen LogP contribution in [0.1, 0.15) is 35.3 Å². The molecule has 2 heterocycles. The third-order valence-corrected chi connectivity index (χ3v) is 3.94. The number of hydrogen-bond donors (Lipinski definition) is 1. The zero-order valence-electron chi connectivity index (χ0n) is 11.5. The SMILES string of the molecule is CCOC(=O)CC1NCCN2C(=O)c3ccccc3C12. The van der Waals surface area contributed by atoms with Crippen LogP contribution >= 0.6 is 0 Å². The fourth-order valence-electron chi connectivity index (χ4n) is 3.14. The number of ether oxygens (including phenoxy) is 1. The predicted octanol–water partition coefficient (Wildman–Crippen LogP) is 1.11. The molecule has 5 nitrogen and oxygen atoms in total. The van der Waals surface area contributed by atoms with Crippen molar-refractivity contribution in [2.24, 2.45) is 0 Å². The second-order valence-corrected chi connectivity index (χ2v) is 5.10. The normalized spacial score (nSPS) is 24.2. The lowest BCUT2D eigenvalue weighted by Gasteiger charge is -2.37. The maximum absolute atomic E-state index is 12.4. The summed E-state index contributed by atoms with van der Waals surface area (Å²) in [6.45, 7) is 3.57. The van der Waals surface area contributed by atoms with E-state index in [1.165, 1.54) is 0 Å². The van der Waals surface area contributed by atoms with Crippen molar-refractivity contribution in [3.05, 3.63) is 35.4 Å². The standard InChI is InChI=1S/C15H18N2O3/c1-2-20-13(18)9-12-14-10-5-3-4-6-11(10)15(19)17(14)8-7-16-12/h3-6,12,14,16H,2,7-9H2,1H3. The summed E-state index contributed by atoms with van der Waals surface area (Å²) in [5, 5.41) is 3.35. The van der Waals surface area contributed by atoms with Crippen LogP contribution in [0.3, 0.4) is 0 Å². The molecule has 2 aliphatic rings. The molecule has 0 spiro atoms. The van der Waals surface area contributed by atoms with Crippen LogP contribution in [0.5, 0.6) is 0 Å². The number of carbonyl (C=O) groups is 2. The molecule has 1 aromatic carbocycles.